The summed E-state index contributed by atoms with van der Waals surface area (Å²) < 4.78 is 7.51. The summed E-state index contributed by atoms with van der Waals surface area (Å²) in [5, 5.41) is 2.90. The van der Waals surface area contributed by atoms with Gasteiger partial charge >= 0.3 is 0 Å². The number of amides is 1. The minimum atomic E-state index is -0.140. The van der Waals surface area contributed by atoms with E-state index in [0.29, 0.717) is 17.9 Å². The number of rotatable bonds is 6. The standard InChI is InChI=1S/C20H21N3O2/c1-3-25-19-6-4-5-18(13-19)22-20(24)17-9-7-16(8-10-17)14-23-12-11-21-15(23)2/h4-13H,3,14H2,1-2H3,(H,22,24). The number of aromatic nitrogens is 2. The molecule has 0 radical (unpaired) electrons. The van der Waals surface area contributed by atoms with Crippen molar-refractivity contribution in [3.05, 3.63) is 77.9 Å². The fraction of sp³-hybridized carbons (Fsp3) is 0.200. The van der Waals surface area contributed by atoms with Gasteiger partial charge in [0.05, 0.1) is 6.61 Å². The van der Waals surface area contributed by atoms with Crippen LogP contribution < -0.4 is 10.1 Å². The largest absolute Gasteiger partial charge is 0.494 e. The van der Waals surface area contributed by atoms with Gasteiger partial charge in [-0.15, -0.1) is 0 Å². The molecule has 0 aliphatic carbocycles. The summed E-state index contributed by atoms with van der Waals surface area (Å²) in [6, 6.07) is 15.0. The summed E-state index contributed by atoms with van der Waals surface area (Å²) in [7, 11) is 0. The summed E-state index contributed by atoms with van der Waals surface area (Å²) in [5.74, 6) is 1.57. The fourth-order valence-corrected chi connectivity index (χ4v) is 2.56. The molecule has 0 saturated heterocycles. The van der Waals surface area contributed by atoms with Crippen LogP contribution in [0.3, 0.4) is 0 Å². The number of nitrogens with one attached hydrogen (secondary N) is 1. The smallest absolute Gasteiger partial charge is 0.255 e. The van der Waals surface area contributed by atoms with Gasteiger partial charge in [-0.25, -0.2) is 4.98 Å². The molecule has 1 aromatic heterocycles. The zero-order chi connectivity index (χ0) is 17.6. The molecule has 3 aromatic rings. The Morgan fingerprint density at radius 1 is 1.20 bits per heavy atom. The van der Waals surface area contributed by atoms with Crippen molar-refractivity contribution in [1.29, 1.82) is 0 Å². The fourth-order valence-electron chi connectivity index (χ4n) is 2.56. The molecule has 5 heteroatoms. The second-order valence-corrected chi connectivity index (χ2v) is 5.71. The third kappa shape index (κ3) is 4.26. The van der Waals surface area contributed by atoms with Crippen molar-refractivity contribution in [3.63, 3.8) is 0 Å². The maximum absolute atomic E-state index is 12.4. The molecule has 2 aromatic carbocycles. The third-order valence-corrected chi connectivity index (χ3v) is 3.90. The second kappa shape index (κ2) is 7.66. The SMILES string of the molecule is CCOc1cccc(NC(=O)c2ccc(Cn3ccnc3C)cc2)c1. The Hall–Kier alpha value is -3.08. The number of hydrogen-bond acceptors (Lipinski definition) is 3. The monoisotopic (exact) mass is 335 g/mol. The summed E-state index contributed by atoms with van der Waals surface area (Å²) >= 11 is 0. The first-order valence-corrected chi connectivity index (χ1v) is 8.26. The maximum atomic E-state index is 12.4. The summed E-state index contributed by atoms with van der Waals surface area (Å²) in [4.78, 5) is 16.6. The number of anilines is 1. The molecule has 0 aliphatic rings. The van der Waals surface area contributed by atoms with Gasteiger partial charge in [0, 0.05) is 36.3 Å². The molecule has 5 nitrogen and oxygen atoms in total. The van der Waals surface area contributed by atoms with E-state index in [1.807, 2.05) is 68.6 Å². The molecule has 0 bridgehead atoms. The highest BCUT2D eigenvalue weighted by molar-refractivity contribution is 6.04. The molecule has 0 fully saturated rings. The quantitative estimate of drug-likeness (QED) is 0.743. The first kappa shape index (κ1) is 16.8. The van der Waals surface area contributed by atoms with E-state index in [9.17, 15) is 4.79 Å². The van der Waals surface area contributed by atoms with E-state index in [4.69, 9.17) is 4.74 Å². The molecule has 0 aliphatic heterocycles. The highest BCUT2D eigenvalue weighted by Crippen LogP contribution is 2.18. The minimum Gasteiger partial charge on any atom is -0.494 e. The number of imidazole rings is 1. The Morgan fingerprint density at radius 2 is 2.00 bits per heavy atom. The van der Waals surface area contributed by atoms with Gasteiger partial charge in [0.15, 0.2) is 0 Å². The first-order valence-electron chi connectivity index (χ1n) is 8.26. The van der Waals surface area contributed by atoms with Crippen molar-refractivity contribution < 1.29 is 9.53 Å². The zero-order valence-electron chi connectivity index (χ0n) is 14.4. The minimum absolute atomic E-state index is 0.140. The van der Waals surface area contributed by atoms with Gasteiger partial charge in [0.1, 0.15) is 11.6 Å². The van der Waals surface area contributed by atoms with Crippen molar-refractivity contribution in [2.45, 2.75) is 20.4 Å². The lowest BCUT2D eigenvalue weighted by Crippen LogP contribution is -2.12. The Balaban J connectivity index is 1.66. The van der Waals surface area contributed by atoms with E-state index in [1.165, 1.54) is 0 Å². The lowest BCUT2D eigenvalue weighted by atomic mass is 10.1. The Bertz CT molecular complexity index is 853. The summed E-state index contributed by atoms with van der Waals surface area (Å²) in [5.41, 5.74) is 2.46. The normalized spacial score (nSPS) is 10.5. The van der Waals surface area contributed by atoms with Crippen LogP contribution in [0.25, 0.3) is 0 Å². The van der Waals surface area contributed by atoms with Gasteiger partial charge in [-0.3, -0.25) is 4.79 Å². The number of carbonyl (C=O) groups is 1. The Kier molecular flexibility index (Phi) is 5.14. The van der Waals surface area contributed by atoms with Crippen LogP contribution in [0.15, 0.2) is 60.9 Å². The van der Waals surface area contributed by atoms with E-state index in [0.717, 1.165) is 23.7 Å². The van der Waals surface area contributed by atoms with E-state index in [1.54, 1.807) is 6.20 Å². The molecule has 0 unspecified atom stereocenters. The average molecular weight is 335 g/mol. The molecule has 0 atom stereocenters. The molecule has 1 N–H and O–H groups in total. The van der Waals surface area contributed by atoms with E-state index in [2.05, 4.69) is 14.9 Å². The van der Waals surface area contributed by atoms with Crippen LogP contribution in [0.5, 0.6) is 5.75 Å². The topological polar surface area (TPSA) is 56.1 Å². The van der Waals surface area contributed by atoms with Crippen LogP contribution in [-0.2, 0) is 6.54 Å². The Labute approximate surface area is 147 Å². The predicted molar refractivity (Wildman–Crippen MR) is 98.1 cm³/mol. The molecule has 1 amide bonds. The van der Waals surface area contributed by atoms with Crippen LogP contribution in [0, 0.1) is 6.92 Å². The van der Waals surface area contributed by atoms with Crippen LogP contribution in [0.2, 0.25) is 0 Å². The summed E-state index contributed by atoms with van der Waals surface area (Å²) in [6.07, 6.45) is 3.73. The third-order valence-electron chi connectivity index (χ3n) is 3.90. The van der Waals surface area contributed by atoms with Gasteiger partial charge in [0.25, 0.3) is 5.91 Å². The van der Waals surface area contributed by atoms with Crippen molar-refractivity contribution in [1.82, 2.24) is 9.55 Å². The van der Waals surface area contributed by atoms with Crippen molar-refractivity contribution in [3.8, 4) is 5.75 Å². The molecule has 1 heterocycles. The van der Waals surface area contributed by atoms with Crippen molar-refractivity contribution in [2.24, 2.45) is 0 Å². The lowest BCUT2D eigenvalue weighted by Gasteiger charge is -2.09. The maximum Gasteiger partial charge on any atom is 0.255 e. The van der Waals surface area contributed by atoms with E-state index < -0.39 is 0 Å². The van der Waals surface area contributed by atoms with Crippen LogP contribution >= 0.6 is 0 Å². The molecule has 0 saturated carbocycles. The van der Waals surface area contributed by atoms with Gasteiger partial charge in [-0.2, -0.15) is 0 Å². The molecule has 25 heavy (non-hydrogen) atoms. The number of nitrogens with zero attached hydrogens (tertiary/aromatic N) is 2. The molecular weight excluding hydrogens is 314 g/mol. The Morgan fingerprint density at radius 3 is 2.68 bits per heavy atom. The average Bonchev–Trinajstić information content (AvgIpc) is 3.01. The van der Waals surface area contributed by atoms with Crippen LogP contribution in [0.1, 0.15) is 28.7 Å². The first-order chi connectivity index (χ1) is 12.2. The van der Waals surface area contributed by atoms with E-state index >= 15 is 0 Å². The van der Waals surface area contributed by atoms with Crippen LogP contribution in [0.4, 0.5) is 5.69 Å². The number of aryl methyl sites for hydroxylation is 1. The highest BCUT2D eigenvalue weighted by atomic mass is 16.5. The number of hydrogen-bond donors (Lipinski definition) is 1. The zero-order valence-corrected chi connectivity index (χ0v) is 14.4. The van der Waals surface area contributed by atoms with Crippen molar-refractivity contribution >= 4 is 11.6 Å². The number of carbonyl (C=O) groups excluding carboxylic acids is 1. The van der Waals surface area contributed by atoms with Gasteiger partial charge in [-0.1, -0.05) is 18.2 Å². The van der Waals surface area contributed by atoms with Crippen LogP contribution in [-0.4, -0.2) is 22.1 Å². The van der Waals surface area contributed by atoms with Gasteiger partial charge in [0.2, 0.25) is 0 Å². The molecule has 128 valence electrons. The summed E-state index contributed by atoms with van der Waals surface area (Å²) in [6.45, 7) is 5.23. The molecular formula is C20H21N3O2. The number of benzene rings is 2. The molecule has 0 spiro atoms. The van der Waals surface area contributed by atoms with Gasteiger partial charge < -0.3 is 14.6 Å². The van der Waals surface area contributed by atoms with Gasteiger partial charge in [-0.05, 0) is 43.7 Å². The number of ether oxygens (including phenoxy) is 1. The van der Waals surface area contributed by atoms with E-state index in [-0.39, 0.29) is 5.91 Å². The predicted octanol–water partition coefficient (Wildman–Crippen LogP) is 3.89. The second-order valence-electron chi connectivity index (χ2n) is 5.71. The highest BCUT2D eigenvalue weighted by Gasteiger charge is 2.07. The van der Waals surface area contributed by atoms with Crippen molar-refractivity contribution in [2.75, 3.05) is 11.9 Å². The molecule has 3 rings (SSSR count). The lowest BCUT2D eigenvalue weighted by molar-refractivity contribution is 0.102.